The lowest BCUT2D eigenvalue weighted by atomic mass is 9.97. The Hall–Kier alpha value is -1.35. The first kappa shape index (κ1) is 16.1. The van der Waals surface area contributed by atoms with Crippen LogP contribution in [-0.4, -0.2) is 30.1 Å². The Morgan fingerprint density at radius 3 is 2.12 bits per heavy atom. The molecule has 2 aliphatic rings. The van der Waals surface area contributed by atoms with E-state index in [9.17, 15) is 0 Å². The van der Waals surface area contributed by atoms with E-state index >= 15 is 0 Å². The lowest BCUT2D eigenvalue weighted by Crippen LogP contribution is -2.43. The minimum atomic E-state index is -0.0173. The average molecular weight is 342 g/mol. The molecule has 0 aromatic heterocycles. The summed E-state index contributed by atoms with van der Waals surface area (Å²) in [6, 6.07) is 20.0. The Bertz CT molecular complexity index is 658. The first-order chi connectivity index (χ1) is 11.7. The summed E-state index contributed by atoms with van der Waals surface area (Å²) >= 11 is 6.07. The van der Waals surface area contributed by atoms with Crippen molar-refractivity contribution in [2.24, 2.45) is 0 Å². The SMILES string of the molecule is CN1[C@@H]2CC[C@H]1CC(O[C@@H](c1ccccc1)c1ccc(Cl)cc1)C2. The van der Waals surface area contributed by atoms with Crippen molar-refractivity contribution in [1.82, 2.24) is 4.90 Å². The molecule has 0 radical (unpaired) electrons. The Morgan fingerprint density at radius 2 is 1.50 bits per heavy atom. The molecule has 0 amide bonds. The van der Waals surface area contributed by atoms with Crippen LogP contribution in [0.4, 0.5) is 0 Å². The molecule has 0 saturated carbocycles. The molecule has 2 aromatic rings. The first-order valence-electron chi connectivity index (χ1n) is 8.88. The summed E-state index contributed by atoms with van der Waals surface area (Å²) in [6.45, 7) is 0. The molecule has 2 nitrogen and oxygen atoms in total. The highest BCUT2D eigenvalue weighted by atomic mass is 35.5. The Balaban J connectivity index is 1.58. The minimum Gasteiger partial charge on any atom is -0.365 e. The smallest absolute Gasteiger partial charge is 0.108 e. The third kappa shape index (κ3) is 3.23. The van der Waals surface area contributed by atoms with Crippen LogP contribution in [0.5, 0.6) is 0 Å². The van der Waals surface area contributed by atoms with Crippen molar-refractivity contribution in [3.05, 3.63) is 70.7 Å². The number of benzene rings is 2. The zero-order valence-electron chi connectivity index (χ0n) is 14.1. The van der Waals surface area contributed by atoms with Crippen LogP contribution in [0, 0.1) is 0 Å². The van der Waals surface area contributed by atoms with Gasteiger partial charge in [-0.05, 0) is 56.0 Å². The van der Waals surface area contributed by atoms with Crippen LogP contribution in [0.25, 0.3) is 0 Å². The number of halogens is 1. The second kappa shape index (κ2) is 6.87. The van der Waals surface area contributed by atoms with Gasteiger partial charge in [0.2, 0.25) is 0 Å². The molecule has 2 aliphatic heterocycles. The van der Waals surface area contributed by atoms with Gasteiger partial charge < -0.3 is 9.64 Å². The molecule has 2 aromatic carbocycles. The minimum absolute atomic E-state index is 0.0173. The van der Waals surface area contributed by atoms with E-state index in [0.717, 1.165) is 17.9 Å². The fraction of sp³-hybridized carbons (Fsp3) is 0.429. The normalized spacial score (nSPS) is 28.0. The van der Waals surface area contributed by atoms with Crippen molar-refractivity contribution >= 4 is 11.6 Å². The van der Waals surface area contributed by atoms with Crippen LogP contribution < -0.4 is 0 Å². The molecule has 3 heteroatoms. The van der Waals surface area contributed by atoms with Crippen LogP contribution in [0.3, 0.4) is 0 Å². The number of hydrogen-bond donors (Lipinski definition) is 0. The molecule has 2 bridgehead atoms. The highest BCUT2D eigenvalue weighted by Gasteiger charge is 2.39. The molecular weight excluding hydrogens is 318 g/mol. The van der Waals surface area contributed by atoms with Crippen molar-refractivity contribution in [2.45, 2.75) is 50.0 Å². The van der Waals surface area contributed by atoms with Gasteiger partial charge in [-0.2, -0.15) is 0 Å². The zero-order chi connectivity index (χ0) is 16.5. The predicted octanol–water partition coefficient (Wildman–Crippen LogP) is 5.07. The maximum atomic E-state index is 6.66. The van der Waals surface area contributed by atoms with Crippen LogP contribution in [0.1, 0.15) is 42.9 Å². The number of fused-ring (bicyclic) bond motifs is 2. The summed E-state index contributed by atoms with van der Waals surface area (Å²) in [5.41, 5.74) is 2.39. The van der Waals surface area contributed by atoms with E-state index in [-0.39, 0.29) is 6.10 Å². The molecule has 2 saturated heterocycles. The summed E-state index contributed by atoms with van der Waals surface area (Å²) in [6.07, 6.45) is 5.24. The highest BCUT2D eigenvalue weighted by molar-refractivity contribution is 6.30. The highest BCUT2D eigenvalue weighted by Crippen LogP contribution is 2.38. The second-order valence-electron chi connectivity index (χ2n) is 7.12. The van der Waals surface area contributed by atoms with Crippen LogP contribution in [-0.2, 0) is 4.74 Å². The fourth-order valence-corrected chi connectivity index (χ4v) is 4.41. The van der Waals surface area contributed by atoms with Gasteiger partial charge in [0.15, 0.2) is 0 Å². The van der Waals surface area contributed by atoms with Crippen LogP contribution >= 0.6 is 11.6 Å². The third-order valence-corrected chi connectivity index (χ3v) is 5.91. The maximum Gasteiger partial charge on any atom is 0.108 e. The number of nitrogens with zero attached hydrogens (tertiary/aromatic N) is 1. The first-order valence-corrected chi connectivity index (χ1v) is 9.26. The summed E-state index contributed by atoms with van der Waals surface area (Å²) in [4.78, 5) is 2.56. The number of ether oxygens (including phenoxy) is 1. The summed E-state index contributed by atoms with van der Waals surface area (Å²) in [5, 5.41) is 0.767. The lowest BCUT2D eigenvalue weighted by molar-refractivity contribution is -0.0426. The van der Waals surface area contributed by atoms with Crippen LogP contribution in [0.15, 0.2) is 54.6 Å². The quantitative estimate of drug-likeness (QED) is 0.769. The predicted molar refractivity (Wildman–Crippen MR) is 98.4 cm³/mol. The van der Waals surface area contributed by atoms with Gasteiger partial charge in [-0.1, -0.05) is 54.1 Å². The van der Waals surface area contributed by atoms with Crippen molar-refractivity contribution in [3.63, 3.8) is 0 Å². The molecular formula is C21H24ClNO. The fourth-order valence-electron chi connectivity index (χ4n) is 4.28. The molecule has 4 rings (SSSR count). The average Bonchev–Trinajstić information content (AvgIpc) is 2.83. The molecule has 126 valence electrons. The van der Waals surface area contributed by atoms with Crippen molar-refractivity contribution in [1.29, 1.82) is 0 Å². The van der Waals surface area contributed by atoms with Gasteiger partial charge in [-0.15, -0.1) is 0 Å². The van der Waals surface area contributed by atoms with Gasteiger partial charge in [-0.3, -0.25) is 0 Å². The molecule has 0 aliphatic carbocycles. The van der Waals surface area contributed by atoms with E-state index < -0.39 is 0 Å². The van der Waals surface area contributed by atoms with Crippen molar-refractivity contribution in [2.75, 3.05) is 7.05 Å². The van der Waals surface area contributed by atoms with E-state index in [1.807, 2.05) is 12.1 Å². The van der Waals surface area contributed by atoms with Crippen molar-refractivity contribution < 1.29 is 4.74 Å². The van der Waals surface area contributed by atoms with Gasteiger partial charge in [0, 0.05) is 17.1 Å². The summed E-state index contributed by atoms with van der Waals surface area (Å²) in [7, 11) is 2.27. The van der Waals surface area contributed by atoms with E-state index in [1.165, 1.54) is 24.0 Å². The molecule has 2 heterocycles. The number of hydrogen-bond acceptors (Lipinski definition) is 2. The Labute approximate surface area is 149 Å². The standard InChI is InChI=1S/C21H24ClNO/c1-23-18-11-12-19(23)14-20(13-18)24-21(15-5-3-2-4-6-15)16-7-9-17(22)10-8-16/h2-10,18-21H,11-14H2,1H3/t18-,19+,20?,21-/m0/s1. The maximum absolute atomic E-state index is 6.66. The molecule has 24 heavy (non-hydrogen) atoms. The van der Waals surface area contributed by atoms with Crippen molar-refractivity contribution in [3.8, 4) is 0 Å². The summed E-state index contributed by atoms with van der Waals surface area (Å²) < 4.78 is 6.66. The Kier molecular flexibility index (Phi) is 4.62. The van der Waals surface area contributed by atoms with E-state index in [1.54, 1.807) is 0 Å². The zero-order valence-corrected chi connectivity index (χ0v) is 14.8. The Morgan fingerprint density at radius 1 is 0.917 bits per heavy atom. The van der Waals surface area contributed by atoms with E-state index in [2.05, 4.69) is 54.4 Å². The van der Waals surface area contributed by atoms with Crippen LogP contribution in [0.2, 0.25) is 5.02 Å². The largest absolute Gasteiger partial charge is 0.365 e. The van der Waals surface area contributed by atoms with Gasteiger partial charge in [-0.25, -0.2) is 0 Å². The lowest BCUT2D eigenvalue weighted by Gasteiger charge is -2.38. The van der Waals surface area contributed by atoms with Gasteiger partial charge in [0.25, 0.3) is 0 Å². The topological polar surface area (TPSA) is 12.5 Å². The van der Waals surface area contributed by atoms with Gasteiger partial charge in [0.1, 0.15) is 6.10 Å². The number of piperidine rings is 1. The van der Waals surface area contributed by atoms with E-state index in [0.29, 0.717) is 18.2 Å². The second-order valence-corrected chi connectivity index (χ2v) is 7.56. The number of rotatable bonds is 4. The summed E-state index contributed by atoms with van der Waals surface area (Å²) in [5.74, 6) is 0. The molecule has 0 spiro atoms. The monoisotopic (exact) mass is 341 g/mol. The molecule has 4 atom stereocenters. The molecule has 0 N–H and O–H groups in total. The van der Waals surface area contributed by atoms with Gasteiger partial charge >= 0.3 is 0 Å². The van der Waals surface area contributed by atoms with Gasteiger partial charge in [0.05, 0.1) is 6.10 Å². The third-order valence-electron chi connectivity index (χ3n) is 5.66. The van der Waals surface area contributed by atoms with E-state index in [4.69, 9.17) is 16.3 Å². The molecule has 1 unspecified atom stereocenters. The molecule has 2 fully saturated rings.